The maximum Gasteiger partial charge on any atom is 0.161 e. The van der Waals surface area contributed by atoms with Crippen LogP contribution in [0.1, 0.15) is 15.9 Å². The van der Waals surface area contributed by atoms with Crippen molar-refractivity contribution in [3.63, 3.8) is 0 Å². The summed E-state index contributed by atoms with van der Waals surface area (Å²) in [5, 5.41) is 0. The van der Waals surface area contributed by atoms with E-state index in [1.165, 1.54) is 14.2 Å². The van der Waals surface area contributed by atoms with Crippen LogP contribution in [0.3, 0.4) is 0 Å². The van der Waals surface area contributed by atoms with Gasteiger partial charge in [-0.3, -0.25) is 4.79 Å². The smallest absolute Gasteiger partial charge is 0.161 e. The minimum absolute atomic E-state index is 0.397. The van der Waals surface area contributed by atoms with Crippen LogP contribution < -0.4 is 9.47 Å². The van der Waals surface area contributed by atoms with Crippen LogP contribution in [0.15, 0.2) is 12.1 Å². The first-order valence-electron chi connectivity index (χ1n) is 4.40. The predicted octanol–water partition coefficient (Wildman–Crippen LogP) is 1.69. The summed E-state index contributed by atoms with van der Waals surface area (Å²) in [5.41, 5.74) is 1.30. The first-order valence-corrected chi connectivity index (χ1v) is 4.40. The fraction of sp³-hybridized carbons (Fsp3) is 0.250. The summed E-state index contributed by atoms with van der Waals surface area (Å²) in [6, 6.07) is 3.35. The number of hydrogen-bond acceptors (Lipinski definition) is 3. The highest BCUT2D eigenvalue weighted by molar-refractivity contribution is 5.79. The first kappa shape index (κ1) is 11.1. The molecule has 3 nitrogen and oxygen atoms in total. The van der Waals surface area contributed by atoms with E-state index in [2.05, 4.69) is 5.92 Å². The fourth-order valence-electron chi connectivity index (χ4n) is 1.31. The summed E-state index contributed by atoms with van der Waals surface area (Å²) >= 11 is 0. The first-order chi connectivity index (χ1) is 7.26. The number of aldehydes is 1. The van der Waals surface area contributed by atoms with Gasteiger partial charge in [-0.15, -0.1) is 12.3 Å². The molecule has 0 saturated heterocycles. The van der Waals surface area contributed by atoms with Crippen molar-refractivity contribution in [2.75, 3.05) is 14.2 Å². The minimum atomic E-state index is 0.397. The van der Waals surface area contributed by atoms with Crippen LogP contribution in [-0.2, 0) is 6.42 Å². The van der Waals surface area contributed by atoms with E-state index in [9.17, 15) is 4.79 Å². The zero-order valence-electron chi connectivity index (χ0n) is 8.74. The molecule has 0 aliphatic carbocycles. The molecule has 0 unspecified atom stereocenters. The number of ether oxygens (including phenoxy) is 2. The highest BCUT2D eigenvalue weighted by atomic mass is 16.5. The Labute approximate surface area is 89.0 Å². The second-order valence-corrected chi connectivity index (χ2v) is 2.90. The molecule has 0 fully saturated rings. The third-order valence-electron chi connectivity index (χ3n) is 2.06. The summed E-state index contributed by atoms with van der Waals surface area (Å²) in [6.45, 7) is 0. The summed E-state index contributed by atoms with van der Waals surface area (Å²) in [5.74, 6) is 3.60. The number of rotatable bonds is 4. The van der Waals surface area contributed by atoms with Gasteiger partial charge in [-0.1, -0.05) is 0 Å². The predicted molar refractivity (Wildman–Crippen MR) is 57.5 cm³/mol. The molecule has 3 heteroatoms. The summed E-state index contributed by atoms with van der Waals surface area (Å²) in [4.78, 5) is 10.8. The number of hydrogen-bond donors (Lipinski definition) is 0. The van der Waals surface area contributed by atoms with Gasteiger partial charge in [0, 0.05) is 12.0 Å². The van der Waals surface area contributed by atoms with Crippen LogP contribution in [0.25, 0.3) is 0 Å². The molecule has 0 N–H and O–H groups in total. The second kappa shape index (κ2) is 5.06. The third-order valence-corrected chi connectivity index (χ3v) is 2.06. The van der Waals surface area contributed by atoms with Crippen molar-refractivity contribution in [3.05, 3.63) is 23.3 Å². The normalized spacial score (nSPS) is 9.13. The molecule has 15 heavy (non-hydrogen) atoms. The van der Waals surface area contributed by atoms with Gasteiger partial charge < -0.3 is 9.47 Å². The van der Waals surface area contributed by atoms with E-state index >= 15 is 0 Å². The van der Waals surface area contributed by atoms with Crippen LogP contribution in [-0.4, -0.2) is 20.5 Å². The Morgan fingerprint density at radius 2 is 1.93 bits per heavy atom. The SMILES string of the molecule is C#CCc1cc(OC)c(OC)cc1C=O. The van der Waals surface area contributed by atoms with Crippen molar-refractivity contribution >= 4 is 6.29 Å². The van der Waals surface area contributed by atoms with E-state index < -0.39 is 0 Å². The zero-order valence-corrected chi connectivity index (χ0v) is 8.74. The van der Waals surface area contributed by atoms with Crippen LogP contribution in [0.2, 0.25) is 0 Å². The molecular formula is C12H12O3. The third kappa shape index (κ3) is 2.29. The van der Waals surface area contributed by atoms with Crippen molar-refractivity contribution in [1.29, 1.82) is 0 Å². The number of benzene rings is 1. The maximum atomic E-state index is 10.8. The Hall–Kier alpha value is -1.95. The molecule has 0 heterocycles. The summed E-state index contributed by atoms with van der Waals surface area (Å²) < 4.78 is 10.2. The zero-order chi connectivity index (χ0) is 11.3. The molecule has 0 aromatic heterocycles. The number of carbonyl (C=O) groups is 1. The quantitative estimate of drug-likeness (QED) is 0.553. The van der Waals surface area contributed by atoms with Crippen molar-refractivity contribution < 1.29 is 14.3 Å². The van der Waals surface area contributed by atoms with Gasteiger partial charge in [0.2, 0.25) is 0 Å². The largest absolute Gasteiger partial charge is 0.493 e. The monoisotopic (exact) mass is 204 g/mol. The molecule has 0 aliphatic heterocycles. The molecule has 0 saturated carbocycles. The summed E-state index contributed by atoms with van der Waals surface area (Å²) in [7, 11) is 3.06. The summed E-state index contributed by atoms with van der Waals surface area (Å²) in [6.07, 6.45) is 6.36. The molecule has 0 aliphatic rings. The highest BCUT2D eigenvalue weighted by Crippen LogP contribution is 2.30. The van der Waals surface area contributed by atoms with Crippen LogP contribution in [0.4, 0.5) is 0 Å². The molecular weight excluding hydrogens is 192 g/mol. The van der Waals surface area contributed by atoms with Gasteiger partial charge in [0.1, 0.15) is 0 Å². The van der Waals surface area contributed by atoms with E-state index in [0.717, 1.165) is 11.8 Å². The molecule has 0 atom stereocenters. The Bertz CT molecular complexity index is 402. The van der Waals surface area contributed by atoms with Crippen molar-refractivity contribution in [1.82, 2.24) is 0 Å². The van der Waals surface area contributed by atoms with Gasteiger partial charge in [0.15, 0.2) is 17.8 Å². The Kier molecular flexibility index (Phi) is 3.75. The van der Waals surface area contributed by atoms with Gasteiger partial charge in [-0.05, 0) is 17.7 Å². The average molecular weight is 204 g/mol. The highest BCUT2D eigenvalue weighted by Gasteiger charge is 2.09. The fourth-order valence-corrected chi connectivity index (χ4v) is 1.31. The molecule has 78 valence electrons. The molecule has 0 bridgehead atoms. The van der Waals surface area contributed by atoms with E-state index in [1.807, 2.05) is 0 Å². The van der Waals surface area contributed by atoms with Crippen molar-refractivity contribution in [2.24, 2.45) is 0 Å². The minimum Gasteiger partial charge on any atom is -0.493 e. The van der Waals surface area contributed by atoms with E-state index in [4.69, 9.17) is 15.9 Å². The lowest BCUT2D eigenvalue weighted by molar-refractivity contribution is 0.112. The standard InChI is InChI=1S/C12H12O3/c1-4-5-9-6-11(14-2)12(15-3)7-10(9)8-13/h1,6-8H,5H2,2-3H3. The average Bonchev–Trinajstić information content (AvgIpc) is 2.28. The van der Waals surface area contributed by atoms with Crippen molar-refractivity contribution in [3.8, 4) is 23.8 Å². The number of terminal acetylenes is 1. The van der Waals surface area contributed by atoms with Gasteiger partial charge in [-0.25, -0.2) is 0 Å². The van der Waals surface area contributed by atoms with Gasteiger partial charge in [0.05, 0.1) is 14.2 Å². The van der Waals surface area contributed by atoms with Crippen LogP contribution >= 0.6 is 0 Å². The number of carbonyl (C=O) groups excluding carboxylic acids is 1. The topological polar surface area (TPSA) is 35.5 Å². The maximum absolute atomic E-state index is 10.8. The molecule has 0 radical (unpaired) electrons. The number of methoxy groups -OCH3 is 2. The lowest BCUT2D eigenvalue weighted by Gasteiger charge is -2.10. The Morgan fingerprint density at radius 3 is 2.40 bits per heavy atom. The Balaban J connectivity index is 3.28. The molecule has 1 rings (SSSR count). The molecule has 0 spiro atoms. The molecule has 1 aromatic rings. The van der Waals surface area contributed by atoms with Gasteiger partial charge >= 0.3 is 0 Å². The second-order valence-electron chi connectivity index (χ2n) is 2.90. The molecule has 1 aromatic carbocycles. The van der Waals surface area contributed by atoms with Crippen LogP contribution in [0, 0.1) is 12.3 Å². The van der Waals surface area contributed by atoms with Gasteiger partial charge in [-0.2, -0.15) is 0 Å². The Morgan fingerprint density at radius 1 is 1.33 bits per heavy atom. The van der Waals surface area contributed by atoms with E-state index in [-0.39, 0.29) is 0 Å². The molecule has 0 amide bonds. The lowest BCUT2D eigenvalue weighted by atomic mass is 10.0. The van der Waals surface area contributed by atoms with E-state index in [0.29, 0.717) is 23.5 Å². The van der Waals surface area contributed by atoms with E-state index in [1.54, 1.807) is 12.1 Å². The van der Waals surface area contributed by atoms with Crippen LogP contribution in [0.5, 0.6) is 11.5 Å². The van der Waals surface area contributed by atoms with Gasteiger partial charge in [0.25, 0.3) is 0 Å². The van der Waals surface area contributed by atoms with Crippen molar-refractivity contribution in [2.45, 2.75) is 6.42 Å². The lowest BCUT2D eigenvalue weighted by Crippen LogP contribution is -1.97.